The van der Waals surface area contributed by atoms with Crippen LogP contribution in [-0.4, -0.2) is 37.7 Å². The van der Waals surface area contributed by atoms with E-state index in [9.17, 15) is 18.0 Å². The van der Waals surface area contributed by atoms with Crippen LogP contribution in [0.4, 0.5) is 11.4 Å². The van der Waals surface area contributed by atoms with Crippen LogP contribution in [0.5, 0.6) is 0 Å². The van der Waals surface area contributed by atoms with E-state index in [0.29, 0.717) is 30.9 Å². The predicted molar refractivity (Wildman–Crippen MR) is 137 cm³/mol. The first kappa shape index (κ1) is 24.5. The zero-order valence-electron chi connectivity index (χ0n) is 20.1. The average Bonchev–Trinajstić information content (AvgIpc) is 3.19. The lowest BCUT2D eigenvalue weighted by Gasteiger charge is -2.24. The summed E-state index contributed by atoms with van der Waals surface area (Å²) in [4.78, 5) is 26.5. The monoisotopic (exact) mass is 491 g/mol. The molecule has 7 nitrogen and oxygen atoms in total. The van der Waals surface area contributed by atoms with E-state index >= 15 is 0 Å². The Morgan fingerprint density at radius 2 is 1.77 bits per heavy atom. The van der Waals surface area contributed by atoms with Crippen molar-refractivity contribution >= 4 is 33.2 Å². The second-order valence-electron chi connectivity index (χ2n) is 8.70. The molecule has 0 bridgehead atoms. The molecule has 0 fully saturated rings. The molecule has 0 radical (unpaired) electrons. The number of sulfonamides is 1. The number of carbonyl (C=O) groups is 2. The Kier molecular flexibility index (Phi) is 6.93. The Balaban J connectivity index is 1.55. The van der Waals surface area contributed by atoms with E-state index < -0.39 is 15.9 Å². The van der Waals surface area contributed by atoms with Gasteiger partial charge in [0.2, 0.25) is 5.91 Å². The van der Waals surface area contributed by atoms with Gasteiger partial charge >= 0.3 is 0 Å². The number of para-hydroxylation sites is 1. The van der Waals surface area contributed by atoms with Crippen molar-refractivity contribution in [1.82, 2.24) is 4.90 Å². The van der Waals surface area contributed by atoms with Crippen LogP contribution in [0.3, 0.4) is 0 Å². The lowest BCUT2D eigenvalue weighted by atomic mass is 10.1. The normalized spacial score (nSPS) is 14.9. The predicted octanol–water partition coefficient (Wildman–Crippen LogP) is 4.45. The minimum Gasteiger partial charge on any atom is -0.339 e. The smallest absolute Gasteiger partial charge is 0.264 e. The van der Waals surface area contributed by atoms with Crippen LogP contribution in [0, 0.1) is 0 Å². The van der Waals surface area contributed by atoms with Gasteiger partial charge in [0.15, 0.2) is 0 Å². The Bertz CT molecular complexity index is 1370. The fraction of sp³-hybridized carbons (Fsp3) is 0.259. The summed E-state index contributed by atoms with van der Waals surface area (Å²) in [6.45, 7) is 6.35. The number of nitrogens with zero attached hydrogens (tertiary/aromatic N) is 2. The Hall–Kier alpha value is -3.65. The molecule has 0 aliphatic carbocycles. The summed E-state index contributed by atoms with van der Waals surface area (Å²) in [5, 5.41) is 2.84. The molecule has 35 heavy (non-hydrogen) atoms. The van der Waals surface area contributed by atoms with Gasteiger partial charge in [0.1, 0.15) is 0 Å². The van der Waals surface area contributed by atoms with Gasteiger partial charge < -0.3 is 10.2 Å². The summed E-state index contributed by atoms with van der Waals surface area (Å²) < 4.78 is 28.5. The topological polar surface area (TPSA) is 86.8 Å². The van der Waals surface area contributed by atoms with E-state index in [2.05, 4.69) is 5.32 Å². The van der Waals surface area contributed by atoms with Gasteiger partial charge in [-0.3, -0.25) is 13.9 Å². The first-order chi connectivity index (χ1) is 16.7. The molecular formula is C27H29N3O4S. The zero-order valence-corrected chi connectivity index (χ0v) is 20.9. The molecule has 3 aromatic carbocycles. The standard InChI is InChI=1S/C27H29N3O4S/c1-4-29(20(3)31)18-21-9-7-12-24(16-21)28-27(32)23-11-8-13-25(17-23)35(33,34)30-19(2)15-22-10-5-6-14-26(22)30/h5-14,16-17,19H,4,15,18H2,1-3H3,(H,28,32). The van der Waals surface area contributed by atoms with Crippen molar-refractivity contribution in [1.29, 1.82) is 0 Å². The van der Waals surface area contributed by atoms with Gasteiger partial charge in [0.25, 0.3) is 15.9 Å². The molecule has 0 saturated heterocycles. The van der Waals surface area contributed by atoms with Gasteiger partial charge in [0, 0.05) is 37.3 Å². The maximum atomic E-state index is 13.5. The van der Waals surface area contributed by atoms with E-state index in [4.69, 9.17) is 0 Å². The van der Waals surface area contributed by atoms with Gasteiger partial charge in [0.05, 0.1) is 10.6 Å². The molecule has 1 atom stereocenters. The summed E-state index contributed by atoms with van der Waals surface area (Å²) in [6, 6.07) is 20.6. The molecule has 1 N–H and O–H groups in total. The van der Waals surface area contributed by atoms with E-state index in [1.54, 1.807) is 23.1 Å². The van der Waals surface area contributed by atoms with Crippen LogP contribution in [0.25, 0.3) is 0 Å². The molecule has 0 saturated carbocycles. The summed E-state index contributed by atoms with van der Waals surface area (Å²) >= 11 is 0. The number of amides is 2. The molecule has 0 spiro atoms. The molecule has 4 rings (SSSR count). The van der Waals surface area contributed by atoms with Crippen molar-refractivity contribution in [3.63, 3.8) is 0 Å². The fourth-order valence-electron chi connectivity index (χ4n) is 4.43. The molecule has 1 aliphatic rings. The molecule has 1 heterocycles. The van der Waals surface area contributed by atoms with Gasteiger partial charge in [-0.2, -0.15) is 0 Å². The number of hydrogen-bond donors (Lipinski definition) is 1. The fourth-order valence-corrected chi connectivity index (χ4v) is 6.17. The largest absolute Gasteiger partial charge is 0.339 e. The number of anilines is 2. The number of nitrogens with one attached hydrogen (secondary N) is 1. The minimum absolute atomic E-state index is 0.0186. The van der Waals surface area contributed by atoms with Crippen LogP contribution in [0.15, 0.2) is 77.7 Å². The lowest BCUT2D eigenvalue weighted by Crippen LogP contribution is -2.35. The van der Waals surface area contributed by atoms with Crippen molar-refractivity contribution in [3.8, 4) is 0 Å². The van der Waals surface area contributed by atoms with Crippen LogP contribution >= 0.6 is 0 Å². The molecule has 0 aromatic heterocycles. The maximum absolute atomic E-state index is 13.5. The van der Waals surface area contributed by atoms with Gasteiger partial charge in [-0.05, 0) is 67.8 Å². The number of benzene rings is 3. The average molecular weight is 492 g/mol. The van der Waals surface area contributed by atoms with Crippen LogP contribution in [0.1, 0.15) is 42.3 Å². The van der Waals surface area contributed by atoms with Crippen molar-refractivity contribution in [2.75, 3.05) is 16.2 Å². The first-order valence-corrected chi connectivity index (χ1v) is 13.0. The molecule has 3 aromatic rings. The summed E-state index contributed by atoms with van der Waals surface area (Å²) in [6.07, 6.45) is 0.644. The SMILES string of the molecule is CCN(Cc1cccc(NC(=O)c2cccc(S(=O)(=O)N3c4ccccc4CC3C)c2)c1)C(C)=O. The number of rotatable bonds is 7. The van der Waals surface area contributed by atoms with E-state index in [-0.39, 0.29) is 22.4 Å². The highest BCUT2D eigenvalue weighted by Crippen LogP contribution is 2.36. The molecular weight excluding hydrogens is 462 g/mol. The third kappa shape index (κ3) is 5.07. The van der Waals surface area contributed by atoms with Gasteiger partial charge in [-0.15, -0.1) is 0 Å². The van der Waals surface area contributed by atoms with E-state index in [1.165, 1.54) is 23.4 Å². The van der Waals surface area contributed by atoms with Crippen molar-refractivity contribution in [3.05, 3.63) is 89.5 Å². The highest BCUT2D eigenvalue weighted by molar-refractivity contribution is 7.92. The maximum Gasteiger partial charge on any atom is 0.264 e. The molecule has 2 amide bonds. The quantitative estimate of drug-likeness (QED) is 0.529. The number of hydrogen-bond acceptors (Lipinski definition) is 4. The van der Waals surface area contributed by atoms with E-state index in [1.807, 2.05) is 56.3 Å². The third-order valence-electron chi connectivity index (χ3n) is 6.18. The van der Waals surface area contributed by atoms with Crippen molar-refractivity contribution < 1.29 is 18.0 Å². The Morgan fingerprint density at radius 1 is 1.03 bits per heavy atom. The summed E-state index contributed by atoms with van der Waals surface area (Å²) in [5.41, 5.74) is 3.37. The highest BCUT2D eigenvalue weighted by atomic mass is 32.2. The molecule has 182 valence electrons. The molecule has 1 aliphatic heterocycles. The highest BCUT2D eigenvalue weighted by Gasteiger charge is 2.36. The second kappa shape index (κ2) is 9.92. The lowest BCUT2D eigenvalue weighted by molar-refractivity contribution is -0.129. The number of carbonyl (C=O) groups excluding carboxylic acids is 2. The van der Waals surface area contributed by atoms with Crippen LogP contribution in [0.2, 0.25) is 0 Å². The third-order valence-corrected chi connectivity index (χ3v) is 8.11. The summed E-state index contributed by atoms with van der Waals surface area (Å²) in [5.74, 6) is -0.428. The Morgan fingerprint density at radius 3 is 2.51 bits per heavy atom. The number of fused-ring (bicyclic) bond motifs is 1. The molecule has 1 unspecified atom stereocenters. The first-order valence-electron chi connectivity index (χ1n) is 11.6. The van der Waals surface area contributed by atoms with Crippen molar-refractivity contribution in [2.45, 2.75) is 44.7 Å². The van der Waals surface area contributed by atoms with Gasteiger partial charge in [-0.25, -0.2) is 8.42 Å². The molecule has 8 heteroatoms. The van der Waals surface area contributed by atoms with E-state index in [0.717, 1.165) is 11.1 Å². The second-order valence-corrected chi connectivity index (χ2v) is 10.5. The van der Waals surface area contributed by atoms with Crippen LogP contribution < -0.4 is 9.62 Å². The Labute approximate surface area is 206 Å². The minimum atomic E-state index is -3.85. The van der Waals surface area contributed by atoms with Gasteiger partial charge in [-0.1, -0.05) is 36.4 Å². The summed E-state index contributed by atoms with van der Waals surface area (Å²) in [7, 11) is -3.85. The van der Waals surface area contributed by atoms with Crippen LogP contribution in [-0.2, 0) is 27.8 Å². The zero-order chi connectivity index (χ0) is 25.2. The van der Waals surface area contributed by atoms with Crippen molar-refractivity contribution in [2.24, 2.45) is 0 Å².